The Labute approximate surface area is 239 Å². The molecular formula is C32H36N4O5. The van der Waals surface area contributed by atoms with E-state index in [1.54, 1.807) is 20.2 Å². The zero-order chi connectivity index (χ0) is 29.1. The molecule has 41 heavy (non-hydrogen) atoms. The van der Waals surface area contributed by atoms with Crippen molar-refractivity contribution in [2.75, 3.05) is 44.0 Å². The van der Waals surface area contributed by atoms with Gasteiger partial charge in [-0.1, -0.05) is 12.1 Å². The van der Waals surface area contributed by atoms with E-state index in [1.165, 1.54) is 4.57 Å². The van der Waals surface area contributed by atoms with Gasteiger partial charge in [0.25, 0.3) is 0 Å². The Hall–Kier alpha value is -4.37. The standard InChI is InChI=1S/C32H36N4O5/c1-21-16-24(19-29-30(21)35(3)32(39)41-29)31(38)23-6-5-7-26(17-23)36-14-11-25(12-15-36)34(2)13-10-22-18-27(40-4)8-9-28(22)33-20-37/h5-9,16-20,25H,10-15H2,1-4H3,(H,33,37). The number of piperidine rings is 1. The second-order valence-electron chi connectivity index (χ2n) is 10.7. The summed E-state index contributed by atoms with van der Waals surface area (Å²) in [7, 11) is 5.46. The van der Waals surface area contributed by atoms with Gasteiger partial charge >= 0.3 is 5.76 Å². The zero-order valence-electron chi connectivity index (χ0n) is 24.0. The zero-order valence-corrected chi connectivity index (χ0v) is 24.0. The third kappa shape index (κ3) is 5.90. The number of methoxy groups -OCH3 is 1. The Morgan fingerprint density at radius 2 is 1.90 bits per heavy atom. The Morgan fingerprint density at radius 1 is 1.12 bits per heavy atom. The van der Waals surface area contributed by atoms with Gasteiger partial charge in [-0.3, -0.25) is 14.2 Å². The quantitative estimate of drug-likeness (QED) is 0.229. The molecular weight excluding hydrogens is 520 g/mol. The number of nitrogens with one attached hydrogen (secondary N) is 1. The molecule has 9 nitrogen and oxygen atoms in total. The van der Waals surface area contributed by atoms with Crippen molar-refractivity contribution in [1.82, 2.24) is 9.47 Å². The van der Waals surface area contributed by atoms with E-state index in [0.717, 1.165) is 67.1 Å². The Morgan fingerprint density at radius 3 is 2.63 bits per heavy atom. The van der Waals surface area contributed by atoms with Gasteiger partial charge in [-0.05, 0) is 86.8 Å². The number of oxazole rings is 1. The summed E-state index contributed by atoms with van der Waals surface area (Å²) >= 11 is 0. The minimum absolute atomic E-state index is 0.0982. The van der Waals surface area contributed by atoms with Crippen molar-refractivity contribution in [3.05, 3.63) is 87.4 Å². The second kappa shape index (κ2) is 12.0. The summed E-state index contributed by atoms with van der Waals surface area (Å²) < 4.78 is 12.2. The fraction of sp³-hybridized carbons (Fsp3) is 0.344. The van der Waals surface area contributed by atoms with Gasteiger partial charge in [-0.15, -0.1) is 0 Å². The third-order valence-corrected chi connectivity index (χ3v) is 8.16. The van der Waals surface area contributed by atoms with Gasteiger partial charge in [0, 0.05) is 55.2 Å². The van der Waals surface area contributed by atoms with Crippen molar-refractivity contribution in [3.63, 3.8) is 0 Å². The molecule has 2 heterocycles. The molecule has 0 spiro atoms. The predicted molar refractivity (Wildman–Crippen MR) is 160 cm³/mol. The van der Waals surface area contributed by atoms with Gasteiger partial charge in [0.1, 0.15) is 5.75 Å². The molecule has 3 aromatic carbocycles. The average Bonchev–Trinajstić information content (AvgIpc) is 3.29. The monoisotopic (exact) mass is 556 g/mol. The average molecular weight is 557 g/mol. The van der Waals surface area contributed by atoms with E-state index in [1.807, 2.05) is 49.4 Å². The molecule has 4 aromatic rings. The van der Waals surface area contributed by atoms with Crippen molar-refractivity contribution in [3.8, 4) is 5.75 Å². The van der Waals surface area contributed by atoms with Gasteiger partial charge in [-0.25, -0.2) is 4.79 Å². The Balaban J connectivity index is 1.22. The number of likely N-dealkylation sites (N-methyl/N-ethyl adjacent to an activating group) is 1. The number of anilines is 2. The number of carbonyl (C=O) groups excluding carboxylic acids is 2. The molecule has 0 aliphatic carbocycles. The second-order valence-corrected chi connectivity index (χ2v) is 10.7. The number of hydrogen-bond donors (Lipinski definition) is 1. The molecule has 1 aliphatic rings. The maximum absolute atomic E-state index is 13.4. The number of nitrogens with zero attached hydrogens (tertiary/aromatic N) is 3. The van der Waals surface area contributed by atoms with Crippen molar-refractivity contribution in [1.29, 1.82) is 0 Å². The molecule has 0 radical (unpaired) electrons. The molecule has 1 aliphatic heterocycles. The van der Waals surface area contributed by atoms with Crippen LogP contribution < -0.4 is 20.7 Å². The fourth-order valence-electron chi connectivity index (χ4n) is 5.80. The Kier molecular flexibility index (Phi) is 8.26. The van der Waals surface area contributed by atoms with Gasteiger partial charge in [0.05, 0.1) is 12.6 Å². The van der Waals surface area contributed by atoms with Crippen LogP contribution in [0.15, 0.2) is 63.8 Å². The molecule has 0 unspecified atom stereocenters. The SMILES string of the molecule is COc1ccc(NC=O)c(CCN(C)C2CCN(c3cccc(C(=O)c4cc(C)c5c(c4)oc(=O)n5C)c3)CC2)c1. The number of hydrogen-bond acceptors (Lipinski definition) is 7. The molecule has 1 saturated heterocycles. The maximum Gasteiger partial charge on any atom is 0.419 e. The van der Waals surface area contributed by atoms with Crippen molar-refractivity contribution in [2.45, 2.75) is 32.2 Å². The van der Waals surface area contributed by atoms with Gasteiger partial charge in [0.15, 0.2) is 11.4 Å². The highest BCUT2D eigenvalue weighted by Gasteiger charge is 2.24. The smallest absolute Gasteiger partial charge is 0.419 e. The lowest BCUT2D eigenvalue weighted by Gasteiger charge is -2.38. The minimum Gasteiger partial charge on any atom is -0.497 e. The molecule has 0 bridgehead atoms. The van der Waals surface area contributed by atoms with E-state index in [2.05, 4.69) is 28.2 Å². The number of ether oxygens (including phenoxy) is 1. The summed E-state index contributed by atoms with van der Waals surface area (Å²) in [5, 5.41) is 2.79. The number of aromatic nitrogens is 1. The topological polar surface area (TPSA) is 97.0 Å². The van der Waals surface area contributed by atoms with Gasteiger partial charge in [-0.2, -0.15) is 0 Å². The van der Waals surface area contributed by atoms with Crippen LogP contribution >= 0.6 is 0 Å². The number of aryl methyl sites for hydroxylation is 2. The highest BCUT2D eigenvalue weighted by molar-refractivity contribution is 6.11. The molecule has 5 rings (SSSR count). The van der Waals surface area contributed by atoms with Crippen LogP contribution in [0.1, 0.15) is 39.9 Å². The first-order chi connectivity index (χ1) is 19.8. The van der Waals surface area contributed by atoms with Crippen LogP contribution in [0.4, 0.5) is 11.4 Å². The van der Waals surface area contributed by atoms with Crippen LogP contribution in [0, 0.1) is 6.92 Å². The van der Waals surface area contributed by atoms with Crippen LogP contribution in [0.5, 0.6) is 5.75 Å². The molecule has 1 N–H and O–H groups in total. The molecule has 1 amide bonds. The first kappa shape index (κ1) is 28.2. The lowest BCUT2D eigenvalue weighted by Crippen LogP contribution is -2.44. The highest BCUT2D eigenvalue weighted by atomic mass is 16.5. The summed E-state index contributed by atoms with van der Waals surface area (Å²) in [5.74, 6) is 0.234. The van der Waals surface area contributed by atoms with E-state index < -0.39 is 5.76 Å². The van der Waals surface area contributed by atoms with Crippen molar-refractivity contribution < 1.29 is 18.7 Å². The van der Waals surface area contributed by atoms with Crippen LogP contribution in [0.25, 0.3) is 11.1 Å². The van der Waals surface area contributed by atoms with Crippen molar-refractivity contribution in [2.24, 2.45) is 7.05 Å². The van der Waals surface area contributed by atoms with E-state index in [0.29, 0.717) is 34.7 Å². The first-order valence-electron chi connectivity index (χ1n) is 13.9. The Bertz CT molecular complexity index is 1630. The normalized spacial score (nSPS) is 14.0. The minimum atomic E-state index is -0.441. The van der Waals surface area contributed by atoms with E-state index in [4.69, 9.17) is 9.15 Å². The summed E-state index contributed by atoms with van der Waals surface area (Å²) in [5.41, 5.74) is 5.95. The van der Waals surface area contributed by atoms with E-state index in [9.17, 15) is 14.4 Å². The lowest BCUT2D eigenvalue weighted by molar-refractivity contribution is -0.105. The molecule has 1 aromatic heterocycles. The van der Waals surface area contributed by atoms with Crippen LogP contribution in [0.2, 0.25) is 0 Å². The molecule has 9 heteroatoms. The number of amides is 1. The summed E-state index contributed by atoms with van der Waals surface area (Å²) in [6.45, 7) is 4.53. The number of ketones is 1. The van der Waals surface area contributed by atoms with Crippen LogP contribution in [0.3, 0.4) is 0 Å². The maximum atomic E-state index is 13.4. The number of benzene rings is 3. The van der Waals surface area contributed by atoms with Crippen LogP contribution in [-0.2, 0) is 18.3 Å². The summed E-state index contributed by atoms with van der Waals surface area (Å²) in [4.78, 5) is 41.1. The van der Waals surface area contributed by atoms with Crippen molar-refractivity contribution >= 4 is 34.7 Å². The van der Waals surface area contributed by atoms with E-state index in [-0.39, 0.29) is 5.78 Å². The van der Waals surface area contributed by atoms with E-state index >= 15 is 0 Å². The van der Waals surface area contributed by atoms with Crippen LogP contribution in [-0.4, -0.2) is 61.5 Å². The predicted octanol–water partition coefficient (Wildman–Crippen LogP) is 4.39. The summed E-state index contributed by atoms with van der Waals surface area (Å²) in [6.07, 6.45) is 3.52. The molecule has 0 saturated carbocycles. The number of fused-ring (bicyclic) bond motifs is 1. The van der Waals surface area contributed by atoms with Gasteiger partial charge < -0.3 is 24.3 Å². The third-order valence-electron chi connectivity index (χ3n) is 8.16. The molecule has 0 atom stereocenters. The fourth-order valence-corrected chi connectivity index (χ4v) is 5.80. The molecule has 1 fully saturated rings. The lowest BCUT2D eigenvalue weighted by atomic mass is 9.99. The summed E-state index contributed by atoms with van der Waals surface area (Å²) in [6, 6.07) is 17.4. The number of rotatable bonds is 10. The largest absolute Gasteiger partial charge is 0.497 e. The number of carbonyl (C=O) groups is 2. The first-order valence-corrected chi connectivity index (χ1v) is 13.9. The molecule has 214 valence electrons. The van der Waals surface area contributed by atoms with Gasteiger partial charge in [0.2, 0.25) is 6.41 Å². The highest BCUT2D eigenvalue weighted by Crippen LogP contribution is 2.27.